The molecule has 0 saturated carbocycles. The van der Waals surface area contributed by atoms with Crippen molar-refractivity contribution in [1.82, 2.24) is 0 Å². The number of carboxylic acids is 1. The first-order chi connectivity index (χ1) is 11.9. The Balaban J connectivity index is 2.03. The summed E-state index contributed by atoms with van der Waals surface area (Å²) in [6.07, 6.45) is 3.38. The van der Waals surface area contributed by atoms with Gasteiger partial charge in [-0.25, -0.2) is 13.2 Å². The number of fused-ring (bicyclic) bond motifs is 1. The quantitative estimate of drug-likeness (QED) is 0.854. The highest BCUT2D eigenvalue weighted by Crippen LogP contribution is 2.31. The molecule has 0 radical (unpaired) electrons. The average Bonchev–Trinajstić information content (AvgIpc) is 2.61. The zero-order chi connectivity index (χ0) is 18.0. The fourth-order valence-electron chi connectivity index (χ4n) is 3.13. The highest BCUT2D eigenvalue weighted by atomic mass is 32.2. The van der Waals surface area contributed by atoms with Crippen LogP contribution in [-0.4, -0.2) is 26.6 Å². The largest absolute Gasteiger partial charge is 0.497 e. The number of rotatable bonds is 5. The smallest absolute Gasteiger partial charge is 0.338 e. The summed E-state index contributed by atoms with van der Waals surface area (Å²) < 4.78 is 32.8. The van der Waals surface area contributed by atoms with Crippen molar-refractivity contribution in [3.8, 4) is 5.75 Å². The summed E-state index contributed by atoms with van der Waals surface area (Å²) >= 11 is 0. The molecule has 0 aliphatic heterocycles. The highest BCUT2D eigenvalue weighted by molar-refractivity contribution is 7.92. The molecule has 0 heterocycles. The van der Waals surface area contributed by atoms with Crippen molar-refractivity contribution >= 4 is 21.7 Å². The summed E-state index contributed by atoms with van der Waals surface area (Å²) in [6.45, 7) is 0. The van der Waals surface area contributed by atoms with Crippen LogP contribution in [-0.2, 0) is 22.9 Å². The number of aryl methyl sites for hydroxylation is 1. The van der Waals surface area contributed by atoms with Crippen LogP contribution in [0.3, 0.4) is 0 Å². The SMILES string of the molecule is COc1cccc(S(=O)(=O)Nc2ccc3c(c2C(=O)O)CCCC3)c1. The molecule has 0 atom stereocenters. The lowest BCUT2D eigenvalue weighted by atomic mass is 9.87. The van der Waals surface area contributed by atoms with Crippen LogP contribution in [0.25, 0.3) is 0 Å². The Hall–Kier alpha value is -2.54. The third-order valence-electron chi connectivity index (χ3n) is 4.34. The summed E-state index contributed by atoms with van der Waals surface area (Å²) in [6, 6.07) is 9.37. The van der Waals surface area contributed by atoms with E-state index in [4.69, 9.17) is 4.74 Å². The predicted molar refractivity (Wildman–Crippen MR) is 93.8 cm³/mol. The first kappa shape index (κ1) is 17.3. The van der Waals surface area contributed by atoms with E-state index < -0.39 is 16.0 Å². The lowest BCUT2D eigenvalue weighted by Gasteiger charge is -2.20. The van der Waals surface area contributed by atoms with E-state index >= 15 is 0 Å². The van der Waals surface area contributed by atoms with Gasteiger partial charge >= 0.3 is 5.97 Å². The van der Waals surface area contributed by atoms with E-state index in [1.165, 1.54) is 25.3 Å². The highest BCUT2D eigenvalue weighted by Gasteiger charge is 2.24. The molecule has 2 aromatic rings. The van der Waals surface area contributed by atoms with Crippen LogP contribution in [0.2, 0.25) is 0 Å². The van der Waals surface area contributed by atoms with Gasteiger partial charge in [0.15, 0.2) is 0 Å². The number of sulfonamides is 1. The molecule has 0 unspecified atom stereocenters. The van der Waals surface area contributed by atoms with E-state index in [1.807, 2.05) is 6.07 Å². The average molecular weight is 361 g/mol. The van der Waals surface area contributed by atoms with Crippen molar-refractivity contribution in [3.05, 3.63) is 53.1 Å². The molecule has 3 rings (SSSR count). The molecular weight excluding hydrogens is 342 g/mol. The van der Waals surface area contributed by atoms with Crippen molar-refractivity contribution in [1.29, 1.82) is 0 Å². The molecule has 7 heteroatoms. The molecule has 6 nitrogen and oxygen atoms in total. The van der Waals surface area contributed by atoms with E-state index in [0.717, 1.165) is 30.4 Å². The van der Waals surface area contributed by atoms with Gasteiger partial charge in [0.25, 0.3) is 10.0 Å². The molecule has 0 spiro atoms. The second kappa shape index (κ2) is 6.76. The van der Waals surface area contributed by atoms with E-state index in [-0.39, 0.29) is 16.1 Å². The van der Waals surface area contributed by atoms with Crippen LogP contribution in [0.1, 0.15) is 34.3 Å². The van der Waals surface area contributed by atoms with Gasteiger partial charge in [-0.15, -0.1) is 0 Å². The molecule has 0 bridgehead atoms. The van der Waals surface area contributed by atoms with Crippen LogP contribution in [0.5, 0.6) is 5.75 Å². The van der Waals surface area contributed by atoms with Crippen molar-refractivity contribution in [2.45, 2.75) is 30.6 Å². The van der Waals surface area contributed by atoms with Crippen molar-refractivity contribution in [2.75, 3.05) is 11.8 Å². The number of aromatic carboxylic acids is 1. The summed E-state index contributed by atoms with van der Waals surface area (Å²) in [5, 5.41) is 9.62. The van der Waals surface area contributed by atoms with Crippen LogP contribution in [0.4, 0.5) is 5.69 Å². The second-order valence-corrected chi connectivity index (χ2v) is 7.60. The van der Waals surface area contributed by atoms with Crippen LogP contribution in [0, 0.1) is 0 Å². The third-order valence-corrected chi connectivity index (χ3v) is 5.71. The number of benzene rings is 2. The fourth-order valence-corrected chi connectivity index (χ4v) is 4.24. The molecule has 132 valence electrons. The van der Waals surface area contributed by atoms with Crippen LogP contribution < -0.4 is 9.46 Å². The Morgan fingerprint density at radius 1 is 1.16 bits per heavy atom. The van der Waals surface area contributed by atoms with Crippen molar-refractivity contribution in [2.24, 2.45) is 0 Å². The lowest BCUT2D eigenvalue weighted by Crippen LogP contribution is -2.18. The summed E-state index contributed by atoms with van der Waals surface area (Å²) in [5.74, 6) is -0.714. The van der Waals surface area contributed by atoms with Gasteiger partial charge < -0.3 is 9.84 Å². The zero-order valence-corrected chi connectivity index (χ0v) is 14.6. The van der Waals surface area contributed by atoms with Crippen LogP contribution >= 0.6 is 0 Å². The summed E-state index contributed by atoms with van der Waals surface area (Å²) in [4.78, 5) is 11.8. The van der Waals surface area contributed by atoms with Gasteiger partial charge in [-0.1, -0.05) is 12.1 Å². The minimum atomic E-state index is -3.92. The van der Waals surface area contributed by atoms with Crippen molar-refractivity contribution in [3.63, 3.8) is 0 Å². The molecule has 1 aliphatic carbocycles. The molecule has 0 fully saturated rings. The monoisotopic (exact) mass is 361 g/mol. The Kier molecular flexibility index (Phi) is 4.67. The van der Waals surface area contributed by atoms with Gasteiger partial charge in [0.1, 0.15) is 5.75 Å². The standard InChI is InChI=1S/C18H19NO5S/c1-24-13-6-4-7-14(11-13)25(22,23)19-16-10-9-12-5-2-3-8-15(12)17(16)18(20)21/h4,6-7,9-11,19H,2-3,5,8H2,1H3,(H,20,21). The Morgan fingerprint density at radius 3 is 2.64 bits per heavy atom. The number of methoxy groups -OCH3 is 1. The zero-order valence-electron chi connectivity index (χ0n) is 13.8. The van der Waals surface area contributed by atoms with E-state index in [1.54, 1.807) is 12.1 Å². The van der Waals surface area contributed by atoms with Gasteiger partial charge in [-0.2, -0.15) is 0 Å². The normalized spacial score (nSPS) is 13.8. The van der Waals surface area contributed by atoms with Gasteiger partial charge in [-0.3, -0.25) is 4.72 Å². The molecule has 0 saturated heterocycles. The molecule has 0 amide bonds. The topological polar surface area (TPSA) is 92.7 Å². The maximum absolute atomic E-state index is 12.7. The third kappa shape index (κ3) is 3.46. The van der Waals surface area contributed by atoms with Gasteiger partial charge in [0, 0.05) is 6.07 Å². The maximum Gasteiger partial charge on any atom is 0.338 e. The van der Waals surface area contributed by atoms with Crippen LogP contribution in [0.15, 0.2) is 41.3 Å². The molecule has 0 aromatic heterocycles. The van der Waals surface area contributed by atoms with E-state index in [0.29, 0.717) is 12.2 Å². The second-order valence-electron chi connectivity index (χ2n) is 5.92. The lowest BCUT2D eigenvalue weighted by molar-refractivity contribution is 0.0696. The number of carbonyl (C=O) groups is 1. The maximum atomic E-state index is 12.7. The number of nitrogens with one attached hydrogen (secondary N) is 1. The van der Waals surface area contributed by atoms with E-state index in [9.17, 15) is 18.3 Å². The number of hydrogen-bond donors (Lipinski definition) is 2. The molecular formula is C18H19NO5S. The fraction of sp³-hybridized carbons (Fsp3) is 0.278. The van der Waals surface area contributed by atoms with Gasteiger partial charge in [-0.05, 0) is 55.0 Å². The Labute approximate surface area is 146 Å². The molecule has 2 aromatic carbocycles. The van der Waals surface area contributed by atoms with Crippen molar-refractivity contribution < 1.29 is 23.1 Å². The first-order valence-electron chi connectivity index (χ1n) is 7.97. The predicted octanol–water partition coefficient (Wildman–Crippen LogP) is 3.07. The number of carboxylic acid groups (broad SMARTS) is 1. The van der Waals surface area contributed by atoms with E-state index in [2.05, 4.69) is 4.72 Å². The number of hydrogen-bond acceptors (Lipinski definition) is 4. The molecule has 2 N–H and O–H groups in total. The number of ether oxygens (including phenoxy) is 1. The minimum absolute atomic E-state index is 0.0147. The Morgan fingerprint density at radius 2 is 1.92 bits per heavy atom. The minimum Gasteiger partial charge on any atom is -0.497 e. The summed E-state index contributed by atoms with van der Waals surface area (Å²) in [5.41, 5.74) is 1.84. The first-order valence-corrected chi connectivity index (χ1v) is 9.45. The van der Waals surface area contributed by atoms with Gasteiger partial charge in [0.2, 0.25) is 0 Å². The molecule has 25 heavy (non-hydrogen) atoms. The van der Waals surface area contributed by atoms with Gasteiger partial charge in [0.05, 0.1) is 23.3 Å². The Bertz CT molecular complexity index is 921. The molecule has 1 aliphatic rings. The number of anilines is 1. The summed E-state index contributed by atoms with van der Waals surface area (Å²) in [7, 11) is -2.47.